The van der Waals surface area contributed by atoms with Crippen molar-refractivity contribution in [1.29, 1.82) is 0 Å². The van der Waals surface area contributed by atoms with Gasteiger partial charge in [-0.3, -0.25) is 0 Å². The molecule has 2 nitrogen and oxygen atoms in total. The maximum absolute atomic E-state index is 5.96. The third kappa shape index (κ3) is 7.26. The normalized spacial score (nSPS) is 10.4. The van der Waals surface area contributed by atoms with Crippen LogP contribution in [-0.4, -0.2) is 6.54 Å². The van der Waals surface area contributed by atoms with Crippen molar-refractivity contribution in [3.8, 4) is 5.75 Å². The number of hydrogen-bond acceptors (Lipinski definition) is 2. The molecule has 0 unspecified atom stereocenters. The zero-order chi connectivity index (χ0) is 15.8. The predicted octanol–water partition coefficient (Wildman–Crippen LogP) is 5.48. The van der Waals surface area contributed by atoms with E-state index < -0.39 is 0 Å². The van der Waals surface area contributed by atoms with Crippen molar-refractivity contribution in [3.05, 3.63) is 64.7 Å². The van der Waals surface area contributed by atoms with Crippen molar-refractivity contribution in [2.45, 2.75) is 33.4 Å². The van der Waals surface area contributed by atoms with Crippen molar-refractivity contribution >= 4 is 24.0 Å². The molecule has 23 heavy (non-hydrogen) atoms. The molecule has 2 aromatic carbocycles. The van der Waals surface area contributed by atoms with E-state index in [1.54, 1.807) is 0 Å². The molecule has 0 atom stereocenters. The van der Waals surface area contributed by atoms with Gasteiger partial charge in [-0.25, -0.2) is 0 Å². The number of halogens is 2. The fraction of sp³-hybridized carbons (Fsp3) is 0.368. The molecule has 0 aromatic heterocycles. The number of rotatable bonds is 8. The average molecular weight is 354 g/mol. The zero-order valence-electron chi connectivity index (χ0n) is 13.7. The van der Waals surface area contributed by atoms with Gasteiger partial charge in [-0.05, 0) is 42.6 Å². The lowest BCUT2D eigenvalue weighted by Crippen LogP contribution is -2.16. The first-order valence-corrected chi connectivity index (χ1v) is 8.19. The molecule has 126 valence electrons. The van der Waals surface area contributed by atoms with Gasteiger partial charge in [0.25, 0.3) is 0 Å². The Morgan fingerprint density at radius 2 is 1.74 bits per heavy atom. The van der Waals surface area contributed by atoms with Crippen LogP contribution in [-0.2, 0) is 13.2 Å². The van der Waals surface area contributed by atoms with Gasteiger partial charge in [-0.1, -0.05) is 55.8 Å². The number of para-hydroxylation sites is 1. The van der Waals surface area contributed by atoms with Crippen molar-refractivity contribution in [3.63, 3.8) is 0 Å². The van der Waals surface area contributed by atoms with Gasteiger partial charge < -0.3 is 10.1 Å². The second kappa shape index (κ2) is 10.5. The lowest BCUT2D eigenvalue weighted by Gasteiger charge is -2.13. The summed E-state index contributed by atoms with van der Waals surface area (Å²) in [6, 6.07) is 16.0. The molecule has 0 spiro atoms. The van der Waals surface area contributed by atoms with Gasteiger partial charge in [0, 0.05) is 17.1 Å². The quantitative estimate of drug-likeness (QED) is 0.634. The Balaban J connectivity index is 0.00000264. The van der Waals surface area contributed by atoms with Crippen molar-refractivity contribution in [1.82, 2.24) is 5.32 Å². The predicted molar refractivity (Wildman–Crippen MR) is 101 cm³/mol. The summed E-state index contributed by atoms with van der Waals surface area (Å²) in [5, 5.41) is 4.23. The maximum atomic E-state index is 5.96. The second-order valence-corrected chi connectivity index (χ2v) is 6.32. The summed E-state index contributed by atoms with van der Waals surface area (Å²) >= 11 is 5.90. The Kier molecular flexibility index (Phi) is 9.08. The molecule has 0 aliphatic heterocycles. The molecular weight excluding hydrogens is 329 g/mol. The summed E-state index contributed by atoms with van der Waals surface area (Å²) in [4.78, 5) is 0. The lowest BCUT2D eigenvalue weighted by molar-refractivity contribution is 0.302. The summed E-state index contributed by atoms with van der Waals surface area (Å²) in [5.41, 5.74) is 2.31. The molecule has 1 N–H and O–H groups in total. The summed E-state index contributed by atoms with van der Waals surface area (Å²) in [7, 11) is 0. The standard InChI is InChI=1S/C19H24ClNO.ClH/c1-15(2)11-12-21-13-17-5-3-4-6-19(17)22-14-16-7-9-18(20)10-8-16;/h3-10,15,21H,11-14H2,1-2H3;1H. The second-order valence-electron chi connectivity index (χ2n) is 5.88. The van der Waals surface area contributed by atoms with Crippen LogP contribution in [0.5, 0.6) is 5.75 Å². The van der Waals surface area contributed by atoms with Gasteiger partial charge in [0.2, 0.25) is 0 Å². The van der Waals surface area contributed by atoms with Gasteiger partial charge in [0.05, 0.1) is 0 Å². The van der Waals surface area contributed by atoms with E-state index in [1.165, 1.54) is 12.0 Å². The molecule has 0 fully saturated rings. The molecule has 0 aliphatic rings. The Morgan fingerprint density at radius 1 is 1.04 bits per heavy atom. The van der Waals surface area contributed by atoms with E-state index in [0.717, 1.165) is 35.3 Å². The van der Waals surface area contributed by atoms with Crippen LogP contribution in [0, 0.1) is 5.92 Å². The molecule has 2 aromatic rings. The van der Waals surface area contributed by atoms with Crippen molar-refractivity contribution in [2.24, 2.45) is 5.92 Å². The third-order valence-electron chi connectivity index (χ3n) is 3.49. The highest BCUT2D eigenvalue weighted by Gasteiger charge is 2.03. The zero-order valence-corrected chi connectivity index (χ0v) is 15.3. The molecule has 4 heteroatoms. The molecule has 0 bridgehead atoms. The van der Waals surface area contributed by atoms with Crippen molar-refractivity contribution in [2.75, 3.05) is 6.54 Å². The fourth-order valence-electron chi connectivity index (χ4n) is 2.15. The molecule has 0 heterocycles. The van der Waals surface area contributed by atoms with Crippen LogP contribution in [0.1, 0.15) is 31.4 Å². The smallest absolute Gasteiger partial charge is 0.124 e. The van der Waals surface area contributed by atoms with E-state index in [1.807, 2.05) is 36.4 Å². The molecule has 0 radical (unpaired) electrons. The molecular formula is C19H25Cl2NO. The highest BCUT2D eigenvalue weighted by atomic mass is 35.5. The van der Waals surface area contributed by atoms with E-state index in [9.17, 15) is 0 Å². The van der Waals surface area contributed by atoms with Crippen LogP contribution < -0.4 is 10.1 Å². The van der Waals surface area contributed by atoms with Crippen LogP contribution >= 0.6 is 24.0 Å². The Labute approximate surface area is 150 Å². The first kappa shape index (κ1) is 19.8. The largest absolute Gasteiger partial charge is 0.489 e. The van der Waals surface area contributed by atoms with Crippen LogP contribution in [0.4, 0.5) is 0 Å². The van der Waals surface area contributed by atoms with E-state index in [0.29, 0.717) is 6.61 Å². The summed E-state index contributed by atoms with van der Waals surface area (Å²) in [5.74, 6) is 1.67. The lowest BCUT2D eigenvalue weighted by atomic mass is 10.1. The fourth-order valence-corrected chi connectivity index (χ4v) is 2.27. The highest BCUT2D eigenvalue weighted by molar-refractivity contribution is 6.30. The van der Waals surface area contributed by atoms with Crippen LogP contribution in [0.2, 0.25) is 5.02 Å². The van der Waals surface area contributed by atoms with Gasteiger partial charge in [0.1, 0.15) is 12.4 Å². The minimum atomic E-state index is 0. The SMILES string of the molecule is CC(C)CCNCc1ccccc1OCc1ccc(Cl)cc1.Cl. The first-order valence-electron chi connectivity index (χ1n) is 7.81. The number of nitrogens with one attached hydrogen (secondary N) is 1. The number of benzene rings is 2. The van der Waals surface area contributed by atoms with E-state index in [-0.39, 0.29) is 12.4 Å². The minimum Gasteiger partial charge on any atom is -0.489 e. The average Bonchev–Trinajstić information content (AvgIpc) is 2.52. The molecule has 0 aliphatic carbocycles. The Hall–Kier alpha value is -1.22. The Morgan fingerprint density at radius 3 is 2.43 bits per heavy atom. The minimum absolute atomic E-state index is 0. The maximum Gasteiger partial charge on any atom is 0.124 e. The monoisotopic (exact) mass is 353 g/mol. The van der Waals surface area contributed by atoms with Crippen LogP contribution in [0.15, 0.2) is 48.5 Å². The van der Waals surface area contributed by atoms with Gasteiger partial charge in [-0.15, -0.1) is 12.4 Å². The van der Waals surface area contributed by atoms with E-state index in [2.05, 4.69) is 31.3 Å². The number of ether oxygens (including phenoxy) is 1. The highest BCUT2D eigenvalue weighted by Crippen LogP contribution is 2.20. The van der Waals surface area contributed by atoms with E-state index in [4.69, 9.17) is 16.3 Å². The number of hydrogen-bond donors (Lipinski definition) is 1. The molecule has 0 saturated heterocycles. The van der Waals surface area contributed by atoms with Crippen LogP contribution in [0.3, 0.4) is 0 Å². The summed E-state index contributed by atoms with van der Waals surface area (Å²) in [6.45, 7) is 6.91. The Bertz CT molecular complexity index is 570. The third-order valence-corrected chi connectivity index (χ3v) is 3.75. The van der Waals surface area contributed by atoms with Gasteiger partial charge >= 0.3 is 0 Å². The van der Waals surface area contributed by atoms with Gasteiger partial charge in [-0.2, -0.15) is 0 Å². The summed E-state index contributed by atoms with van der Waals surface area (Å²) in [6.07, 6.45) is 1.19. The molecule has 0 amide bonds. The topological polar surface area (TPSA) is 21.3 Å². The van der Waals surface area contributed by atoms with Crippen molar-refractivity contribution < 1.29 is 4.74 Å². The molecule has 2 rings (SSSR count). The van der Waals surface area contributed by atoms with E-state index >= 15 is 0 Å². The van der Waals surface area contributed by atoms with Crippen LogP contribution in [0.25, 0.3) is 0 Å². The summed E-state index contributed by atoms with van der Waals surface area (Å²) < 4.78 is 5.96. The van der Waals surface area contributed by atoms with Gasteiger partial charge in [0.15, 0.2) is 0 Å². The first-order chi connectivity index (χ1) is 10.6. The molecule has 0 saturated carbocycles.